The number of amides is 1. The number of ether oxygens (including phenoxy) is 3. The average molecular weight is 647 g/mol. The van der Waals surface area contributed by atoms with E-state index < -0.39 is 0 Å². The fraction of sp³-hybridized carbons (Fsp3) is 0.375. The van der Waals surface area contributed by atoms with Crippen LogP contribution in [0.15, 0.2) is 78.9 Å². The molecule has 2 heterocycles. The van der Waals surface area contributed by atoms with E-state index in [1.807, 2.05) is 35.2 Å². The monoisotopic (exact) mass is 646 g/mol. The molecule has 7 rings (SSSR count). The van der Waals surface area contributed by atoms with Crippen LogP contribution in [0.2, 0.25) is 0 Å². The maximum Gasteiger partial charge on any atom is 0.258 e. The molecular weight excluding hydrogens is 600 g/mol. The lowest BCUT2D eigenvalue weighted by Crippen LogP contribution is -2.46. The summed E-state index contributed by atoms with van der Waals surface area (Å²) >= 11 is 0. The summed E-state index contributed by atoms with van der Waals surface area (Å²) in [6, 6.07) is 27.2. The van der Waals surface area contributed by atoms with E-state index in [1.54, 1.807) is 14.2 Å². The fourth-order valence-corrected chi connectivity index (χ4v) is 7.50. The van der Waals surface area contributed by atoms with Gasteiger partial charge in [-0.1, -0.05) is 30.3 Å². The Morgan fingerprint density at radius 2 is 1.52 bits per heavy atom. The summed E-state index contributed by atoms with van der Waals surface area (Å²) in [4.78, 5) is 20.8. The molecule has 0 radical (unpaired) electrons. The van der Waals surface area contributed by atoms with Gasteiger partial charge in [-0.05, 0) is 92.8 Å². The number of nitrogens with one attached hydrogen (secondary N) is 1. The summed E-state index contributed by atoms with van der Waals surface area (Å²) in [7, 11) is 3.44. The van der Waals surface area contributed by atoms with Crippen LogP contribution >= 0.6 is 0 Å². The predicted octanol–water partition coefficient (Wildman–Crippen LogP) is 6.60. The second-order valence-electron chi connectivity index (χ2n) is 13.3. The van der Waals surface area contributed by atoms with Crippen molar-refractivity contribution in [2.45, 2.75) is 51.8 Å². The maximum absolute atomic E-state index is 14.0. The van der Waals surface area contributed by atoms with E-state index in [2.05, 4.69) is 77.5 Å². The highest BCUT2D eigenvalue weighted by Crippen LogP contribution is 2.39. The number of piperazine rings is 1. The SMILES string of the molecule is COc1ccc(OC)c2c1CC(Nc1ccc3c(c1)N(C(=O)c1cccc(CN4CCN(c5ccccc5OC(C)C)CC4)c1)CC3)C2. The summed E-state index contributed by atoms with van der Waals surface area (Å²) in [5, 5.41) is 3.73. The van der Waals surface area contributed by atoms with Gasteiger partial charge in [0.25, 0.3) is 5.91 Å². The number of para-hydroxylation sites is 2. The van der Waals surface area contributed by atoms with Crippen LogP contribution in [0.4, 0.5) is 17.1 Å². The molecule has 4 aromatic carbocycles. The van der Waals surface area contributed by atoms with Crippen LogP contribution < -0.4 is 29.3 Å². The van der Waals surface area contributed by atoms with Crippen LogP contribution in [-0.4, -0.2) is 69.9 Å². The Labute approximate surface area is 284 Å². The quantitative estimate of drug-likeness (QED) is 0.208. The maximum atomic E-state index is 14.0. The minimum atomic E-state index is 0.0575. The molecule has 0 spiro atoms. The van der Waals surface area contributed by atoms with E-state index in [4.69, 9.17) is 14.2 Å². The Kier molecular flexibility index (Phi) is 9.17. The van der Waals surface area contributed by atoms with Gasteiger partial charge in [0.05, 0.1) is 26.0 Å². The van der Waals surface area contributed by atoms with Gasteiger partial charge in [0.15, 0.2) is 0 Å². The minimum absolute atomic E-state index is 0.0575. The number of rotatable bonds is 10. The van der Waals surface area contributed by atoms with Gasteiger partial charge in [0.2, 0.25) is 0 Å². The number of anilines is 3. The molecule has 0 unspecified atom stereocenters. The zero-order chi connectivity index (χ0) is 33.2. The summed E-state index contributed by atoms with van der Waals surface area (Å²) < 4.78 is 17.4. The Bertz CT molecular complexity index is 1750. The topological polar surface area (TPSA) is 66.5 Å². The molecule has 1 saturated heterocycles. The van der Waals surface area contributed by atoms with Crippen molar-refractivity contribution in [3.63, 3.8) is 0 Å². The third kappa shape index (κ3) is 6.54. The number of benzene rings is 4. The highest BCUT2D eigenvalue weighted by Gasteiger charge is 2.30. The molecule has 0 bridgehead atoms. The molecule has 4 aromatic rings. The molecule has 250 valence electrons. The predicted molar refractivity (Wildman–Crippen MR) is 192 cm³/mol. The number of methoxy groups -OCH3 is 2. The standard InChI is InChI=1S/C40H46N4O4/c1-27(2)48-39-11-6-5-10-35(39)43-20-18-42(19-21-43)26-28-8-7-9-30(22-28)40(45)44-17-16-29-12-13-31(25-36(29)44)41-32-23-33-34(24-32)38(47-4)15-14-37(33)46-3/h5-15,22,25,27,32,41H,16-21,23-24,26H2,1-4H3. The van der Waals surface area contributed by atoms with E-state index in [9.17, 15) is 4.79 Å². The van der Waals surface area contributed by atoms with Crippen LogP contribution in [0.5, 0.6) is 17.2 Å². The Morgan fingerprint density at radius 3 is 2.23 bits per heavy atom. The third-order valence-electron chi connectivity index (χ3n) is 9.80. The van der Waals surface area contributed by atoms with Crippen molar-refractivity contribution >= 4 is 23.0 Å². The third-order valence-corrected chi connectivity index (χ3v) is 9.80. The molecule has 1 fully saturated rings. The summed E-state index contributed by atoms with van der Waals surface area (Å²) in [5.74, 6) is 2.82. The minimum Gasteiger partial charge on any atom is -0.496 e. The van der Waals surface area contributed by atoms with E-state index in [-0.39, 0.29) is 18.1 Å². The van der Waals surface area contributed by atoms with Gasteiger partial charge in [-0.2, -0.15) is 0 Å². The molecule has 8 nitrogen and oxygen atoms in total. The smallest absolute Gasteiger partial charge is 0.258 e. The first-order valence-corrected chi connectivity index (χ1v) is 17.2. The number of nitrogens with zero attached hydrogens (tertiary/aromatic N) is 3. The van der Waals surface area contributed by atoms with Crippen molar-refractivity contribution in [2.75, 3.05) is 62.1 Å². The number of carbonyl (C=O) groups is 1. The number of hydrogen-bond acceptors (Lipinski definition) is 7. The van der Waals surface area contributed by atoms with Crippen molar-refractivity contribution in [1.82, 2.24) is 4.90 Å². The molecule has 1 amide bonds. The van der Waals surface area contributed by atoms with Crippen molar-refractivity contribution in [3.8, 4) is 17.2 Å². The Morgan fingerprint density at radius 1 is 0.792 bits per heavy atom. The largest absolute Gasteiger partial charge is 0.496 e. The second kappa shape index (κ2) is 13.8. The first-order chi connectivity index (χ1) is 23.4. The Hall–Kier alpha value is -4.69. The first kappa shape index (κ1) is 31.9. The van der Waals surface area contributed by atoms with Gasteiger partial charge >= 0.3 is 0 Å². The second-order valence-corrected chi connectivity index (χ2v) is 13.3. The molecule has 2 aliphatic heterocycles. The highest BCUT2D eigenvalue weighted by molar-refractivity contribution is 6.07. The Balaban J connectivity index is 0.993. The lowest BCUT2D eigenvalue weighted by molar-refractivity contribution is 0.0989. The van der Waals surface area contributed by atoms with Crippen LogP contribution in [0.1, 0.15) is 46.5 Å². The van der Waals surface area contributed by atoms with Crippen LogP contribution in [0, 0.1) is 0 Å². The molecule has 0 aromatic heterocycles. The summed E-state index contributed by atoms with van der Waals surface area (Å²) in [6.45, 7) is 9.43. The zero-order valence-corrected chi connectivity index (χ0v) is 28.5. The van der Waals surface area contributed by atoms with Crippen molar-refractivity contribution in [3.05, 3.63) is 107 Å². The van der Waals surface area contributed by atoms with Gasteiger partial charge < -0.3 is 29.3 Å². The fourth-order valence-electron chi connectivity index (χ4n) is 7.50. The molecule has 48 heavy (non-hydrogen) atoms. The van der Waals surface area contributed by atoms with Gasteiger partial charge in [0.1, 0.15) is 17.2 Å². The lowest BCUT2D eigenvalue weighted by atomic mass is 10.1. The van der Waals surface area contributed by atoms with Gasteiger partial charge in [0, 0.05) is 73.4 Å². The van der Waals surface area contributed by atoms with E-state index in [0.29, 0.717) is 6.54 Å². The lowest BCUT2D eigenvalue weighted by Gasteiger charge is -2.37. The van der Waals surface area contributed by atoms with Gasteiger partial charge in [-0.25, -0.2) is 0 Å². The van der Waals surface area contributed by atoms with E-state index >= 15 is 0 Å². The summed E-state index contributed by atoms with van der Waals surface area (Å²) in [5.41, 5.74) is 8.71. The highest BCUT2D eigenvalue weighted by atomic mass is 16.5. The average Bonchev–Trinajstić information content (AvgIpc) is 3.72. The van der Waals surface area contributed by atoms with Crippen molar-refractivity contribution < 1.29 is 19.0 Å². The molecule has 1 N–H and O–H groups in total. The molecular formula is C40H46N4O4. The van der Waals surface area contributed by atoms with Crippen molar-refractivity contribution in [2.24, 2.45) is 0 Å². The molecule has 0 atom stereocenters. The van der Waals surface area contributed by atoms with Crippen LogP contribution in [-0.2, 0) is 25.8 Å². The molecule has 0 saturated carbocycles. The van der Waals surface area contributed by atoms with E-state index in [1.165, 1.54) is 22.3 Å². The normalized spacial score (nSPS) is 16.2. The molecule has 8 heteroatoms. The number of hydrogen-bond donors (Lipinski definition) is 1. The summed E-state index contributed by atoms with van der Waals surface area (Å²) in [6.07, 6.45) is 2.72. The first-order valence-electron chi connectivity index (χ1n) is 17.2. The van der Waals surface area contributed by atoms with Gasteiger partial charge in [-0.15, -0.1) is 0 Å². The molecule has 3 aliphatic rings. The number of carbonyl (C=O) groups excluding carboxylic acids is 1. The van der Waals surface area contributed by atoms with Crippen LogP contribution in [0.3, 0.4) is 0 Å². The zero-order valence-electron chi connectivity index (χ0n) is 28.5. The number of fused-ring (bicyclic) bond motifs is 2. The van der Waals surface area contributed by atoms with Crippen LogP contribution in [0.25, 0.3) is 0 Å². The molecule has 1 aliphatic carbocycles. The van der Waals surface area contributed by atoms with Gasteiger partial charge in [-0.3, -0.25) is 9.69 Å². The van der Waals surface area contributed by atoms with Crippen molar-refractivity contribution in [1.29, 1.82) is 0 Å². The van der Waals surface area contributed by atoms with E-state index in [0.717, 1.165) is 91.9 Å².